The number of hydrogen-bond donors (Lipinski definition) is 1. The van der Waals surface area contributed by atoms with E-state index in [0.29, 0.717) is 5.92 Å². The van der Waals surface area contributed by atoms with Gasteiger partial charge in [0.25, 0.3) is 0 Å². The minimum absolute atomic E-state index is 0.693. The Balaban J connectivity index is 2.65. The molecule has 1 rings (SSSR count). The monoisotopic (exact) mass is 253 g/mol. The van der Waals surface area contributed by atoms with Crippen LogP contribution in [0.2, 0.25) is 5.02 Å². The van der Waals surface area contributed by atoms with Gasteiger partial charge >= 0.3 is 0 Å². The minimum atomic E-state index is 0.693. The van der Waals surface area contributed by atoms with E-state index < -0.39 is 0 Å². The van der Waals surface area contributed by atoms with Crippen LogP contribution in [0.4, 0.5) is 0 Å². The maximum absolute atomic E-state index is 6.03. The standard InChI is InChI=1S/C15H24ClN/c1-4-6-12(2)14(11-17-3)9-13-7-5-8-15(16)10-13/h5,7-8,10,12,14,17H,4,6,9,11H2,1-3H3. The van der Waals surface area contributed by atoms with Crippen LogP contribution < -0.4 is 5.32 Å². The van der Waals surface area contributed by atoms with Crippen molar-refractivity contribution in [3.63, 3.8) is 0 Å². The highest BCUT2D eigenvalue weighted by molar-refractivity contribution is 6.30. The highest BCUT2D eigenvalue weighted by Gasteiger charge is 2.16. The first-order chi connectivity index (χ1) is 8.17. The van der Waals surface area contributed by atoms with Crippen molar-refractivity contribution in [2.24, 2.45) is 11.8 Å². The van der Waals surface area contributed by atoms with Gasteiger partial charge < -0.3 is 5.32 Å². The molecule has 17 heavy (non-hydrogen) atoms. The lowest BCUT2D eigenvalue weighted by atomic mass is 9.85. The Morgan fingerprint density at radius 2 is 2.12 bits per heavy atom. The van der Waals surface area contributed by atoms with Crippen molar-refractivity contribution in [3.8, 4) is 0 Å². The van der Waals surface area contributed by atoms with Gasteiger partial charge in [-0.05, 0) is 49.5 Å². The third-order valence-corrected chi connectivity index (χ3v) is 3.64. The molecule has 2 atom stereocenters. The van der Waals surface area contributed by atoms with E-state index in [0.717, 1.165) is 23.9 Å². The Labute approximate surface area is 111 Å². The fourth-order valence-electron chi connectivity index (χ4n) is 2.39. The molecule has 0 heterocycles. The minimum Gasteiger partial charge on any atom is -0.319 e. The molecule has 0 radical (unpaired) electrons. The summed E-state index contributed by atoms with van der Waals surface area (Å²) in [5, 5.41) is 4.15. The summed E-state index contributed by atoms with van der Waals surface area (Å²) in [5.74, 6) is 1.45. The van der Waals surface area contributed by atoms with Crippen molar-refractivity contribution in [1.29, 1.82) is 0 Å². The molecule has 2 heteroatoms. The normalized spacial score (nSPS) is 14.6. The Kier molecular flexibility index (Phi) is 6.61. The van der Waals surface area contributed by atoms with Gasteiger partial charge in [-0.1, -0.05) is 50.4 Å². The van der Waals surface area contributed by atoms with Crippen LogP contribution in [0.15, 0.2) is 24.3 Å². The molecule has 0 aromatic heterocycles. The van der Waals surface area contributed by atoms with E-state index in [1.165, 1.54) is 18.4 Å². The lowest BCUT2D eigenvalue weighted by Crippen LogP contribution is -2.26. The first-order valence-corrected chi connectivity index (χ1v) is 6.94. The van der Waals surface area contributed by atoms with Gasteiger partial charge in [-0.25, -0.2) is 0 Å². The molecule has 0 aliphatic rings. The molecule has 96 valence electrons. The van der Waals surface area contributed by atoms with E-state index in [-0.39, 0.29) is 0 Å². The second kappa shape index (κ2) is 7.73. The van der Waals surface area contributed by atoms with Crippen molar-refractivity contribution in [3.05, 3.63) is 34.9 Å². The Morgan fingerprint density at radius 1 is 1.35 bits per heavy atom. The predicted octanol–water partition coefficient (Wildman–Crippen LogP) is 4.15. The van der Waals surface area contributed by atoms with Crippen LogP contribution in [0.3, 0.4) is 0 Å². The molecule has 1 aromatic rings. The summed E-state index contributed by atoms with van der Waals surface area (Å²) in [7, 11) is 2.03. The topological polar surface area (TPSA) is 12.0 Å². The number of nitrogens with one attached hydrogen (secondary N) is 1. The lowest BCUT2D eigenvalue weighted by Gasteiger charge is -2.23. The quantitative estimate of drug-likeness (QED) is 0.770. The maximum atomic E-state index is 6.03. The summed E-state index contributed by atoms with van der Waals surface area (Å²) in [4.78, 5) is 0. The van der Waals surface area contributed by atoms with E-state index in [2.05, 4.69) is 31.3 Å². The number of rotatable bonds is 7. The van der Waals surface area contributed by atoms with Crippen LogP contribution in [-0.4, -0.2) is 13.6 Å². The average molecular weight is 254 g/mol. The summed E-state index contributed by atoms with van der Waals surface area (Å²) >= 11 is 6.03. The fraction of sp³-hybridized carbons (Fsp3) is 0.600. The Morgan fingerprint density at radius 3 is 2.71 bits per heavy atom. The van der Waals surface area contributed by atoms with Gasteiger partial charge in [0.2, 0.25) is 0 Å². The van der Waals surface area contributed by atoms with E-state index in [9.17, 15) is 0 Å². The zero-order valence-electron chi connectivity index (χ0n) is 11.2. The first kappa shape index (κ1) is 14.5. The molecule has 0 spiro atoms. The van der Waals surface area contributed by atoms with Crippen LogP contribution >= 0.6 is 11.6 Å². The zero-order chi connectivity index (χ0) is 12.7. The van der Waals surface area contributed by atoms with Gasteiger partial charge in [-0.3, -0.25) is 0 Å². The molecule has 1 nitrogen and oxygen atoms in total. The van der Waals surface area contributed by atoms with E-state index in [1.807, 2.05) is 19.2 Å². The van der Waals surface area contributed by atoms with Gasteiger partial charge in [-0.15, -0.1) is 0 Å². The van der Waals surface area contributed by atoms with Crippen molar-refractivity contribution in [2.75, 3.05) is 13.6 Å². The van der Waals surface area contributed by atoms with Crippen molar-refractivity contribution >= 4 is 11.6 Å². The molecule has 0 saturated carbocycles. The number of halogens is 1. The van der Waals surface area contributed by atoms with E-state index in [4.69, 9.17) is 11.6 Å². The highest BCUT2D eigenvalue weighted by atomic mass is 35.5. The van der Waals surface area contributed by atoms with Gasteiger partial charge in [0.15, 0.2) is 0 Å². The molecule has 0 amide bonds. The molecule has 0 aliphatic carbocycles. The maximum Gasteiger partial charge on any atom is 0.0408 e. The summed E-state index contributed by atoms with van der Waals surface area (Å²) in [6.07, 6.45) is 3.67. The molecular weight excluding hydrogens is 230 g/mol. The van der Waals surface area contributed by atoms with E-state index in [1.54, 1.807) is 0 Å². The molecule has 1 N–H and O–H groups in total. The Hall–Kier alpha value is -0.530. The second-order valence-corrected chi connectivity index (χ2v) is 5.35. The van der Waals surface area contributed by atoms with Crippen LogP contribution in [0.25, 0.3) is 0 Å². The van der Waals surface area contributed by atoms with Gasteiger partial charge in [0.05, 0.1) is 0 Å². The SMILES string of the molecule is CCCC(C)C(CNC)Cc1cccc(Cl)c1. The third kappa shape index (κ3) is 5.10. The van der Waals surface area contributed by atoms with Crippen LogP contribution in [0.5, 0.6) is 0 Å². The molecule has 0 aliphatic heterocycles. The largest absolute Gasteiger partial charge is 0.319 e. The smallest absolute Gasteiger partial charge is 0.0408 e. The average Bonchev–Trinajstić information content (AvgIpc) is 2.29. The molecule has 2 unspecified atom stereocenters. The second-order valence-electron chi connectivity index (χ2n) is 4.92. The van der Waals surface area contributed by atoms with Gasteiger partial charge in [-0.2, -0.15) is 0 Å². The van der Waals surface area contributed by atoms with Crippen LogP contribution in [-0.2, 0) is 6.42 Å². The number of benzene rings is 1. The molecular formula is C15H24ClN. The van der Waals surface area contributed by atoms with Crippen LogP contribution in [0.1, 0.15) is 32.3 Å². The fourth-order valence-corrected chi connectivity index (χ4v) is 2.61. The van der Waals surface area contributed by atoms with Gasteiger partial charge in [0, 0.05) is 5.02 Å². The van der Waals surface area contributed by atoms with Crippen LogP contribution in [0, 0.1) is 11.8 Å². The van der Waals surface area contributed by atoms with Crippen molar-refractivity contribution < 1.29 is 0 Å². The summed E-state index contributed by atoms with van der Waals surface area (Å²) in [6, 6.07) is 8.24. The predicted molar refractivity (Wildman–Crippen MR) is 76.6 cm³/mol. The zero-order valence-corrected chi connectivity index (χ0v) is 11.9. The van der Waals surface area contributed by atoms with E-state index >= 15 is 0 Å². The number of hydrogen-bond acceptors (Lipinski definition) is 1. The summed E-state index contributed by atoms with van der Waals surface area (Å²) in [6.45, 7) is 5.69. The highest BCUT2D eigenvalue weighted by Crippen LogP contribution is 2.22. The summed E-state index contributed by atoms with van der Waals surface area (Å²) < 4.78 is 0. The lowest BCUT2D eigenvalue weighted by molar-refractivity contribution is 0.325. The first-order valence-electron chi connectivity index (χ1n) is 6.56. The van der Waals surface area contributed by atoms with Gasteiger partial charge in [0.1, 0.15) is 0 Å². The molecule has 0 bridgehead atoms. The van der Waals surface area contributed by atoms with Crippen molar-refractivity contribution in [1.82, 2.24) is 5.32 Å². The molecule has 1 aromatic carbocycles. The third-order valence-electron chi connectivity index (χ3n) is 3.40. The molecule has 0 fully saturated rings. The Bertz CT molecular complexity index is 324. The van der Waals surface area contributed by atoms with Crippen molar-refractivity contribution in [2.45, 2.75) is 33.1 Å². The molecule has 0 saturated heterocycles. The summed E-state index contributed by atoms with van der Waals surface area (Å²) in [5.41, 5.74) is 1.35.